The molecule has 37 heavy (non-hydrogen) atoms. The third-order valence-electron chi connectivity index (χ3n) is 4.81. The van der Waals surface area contributed by atoms with Crippen molar-refractivity contribution < 1.29 is 28.2 Å². The molecular formula is C27H30BCl3O6. The molecule has 0 aromatic heterocycles. The average Bonchev–Trinajstić information content (AvgIpc) is 2.92. The zero-order valence-corrected chi connectivity index (χ0v) is 22.7. The quantitative estimate of drug-likeness (QED) is 0.0918. The largest absolute Gasteiger partial charge is 0.864 e. The molecule has 0 unspecified atom stereocenters. The van der Waals surface area contributed by atoms with Crippen LogP contribution in [0, 0.1) is 0 Å². The van der Waals surface area contributed by atoms with E-state index in [4.69, 9.17) is 63.0 Å². The summed E-state index contributed by atoms with van der Waals surface area (Å²) in [6.45, 7) is 1.65. The maximum Gasteiger partial charge on any atom is 0.864 e. The maximum absolute atomic E-state index is 6.01. The van der Waals surface area contributed by atoms with Gasteiger partial charge in [0.15, 0.2) is 0 Å². The van der Waals surface area contributed by atoms with Crippen LogP contribution >= 0.6 is 34.8 Å². The van der Waals surface area contributed by atoms with Gasteiger partial charge in [0.25, 0.3) is 0 Å². The van der Waals surface area contributed by atoms with Gasteiger partial charge in [-0.25, -0.2) is 0 Å². The van der Waals surface area contributed by atoms with E-state index in [2.05, 4.69) is 0 Å². The molecule has 10 heteroatoms. The molecule has 0 radical (unpaired) electrons. The van der Waals surface area contributed by atoms with Gasteiger partial charge in [-0.2, -0.15) is 0 Å². The first-order chi connectivity index (χ1) is 18.2. The lowest BCUT2D eigenvalue weighted by Crippen LogP contribution is -2.36. The maximum atomic E-state index is 6.01. The molecule has 0 N–H and O–H groups in total. The van der Waals surface area contributed by atoms with E-state index in [0.717, 1.165) is 36.5 Å². The molecule has 0 aliphatic heterocycles. The molecule has 0 bridgehead atoms. The van der Waals surface area contributed by atoms with Crippen molar-refractivity contribution in [1.29, 1.82) is 0 Å². The monoisotopic (exact) mass is 566 g/mol. The number of benzene rings is 3. The minimum Gasteiger partial charge on any atom is -0.494 e. The molecule has 6 nitrogen and oxygen atoms in total. The number of hydrogen-bond donors (Lipinski definition) is 0. The van der Waals surface area contributed by atoms with Gasteiger partial charge in [0.05, 0.1) is 19.8 Å². The average molecular weight is 568 g/mol. The summed E-state index contributed by atoms with van der Waals surface area (Å²) in [4.78, 5) is 0. The van der Waals surface area contributed by atoms with Gasteiger partial charge in [-0.3, -0.25) is 0 Å². The van der Waals surface area contributed by atoms with Crippen molar-refractivity contribution in [3.63, 3.8) is 0 Å². The standard InChI is InChI=1S/C27H30BCl3O6/c29-16-1-19-32-22-4-10-25(11-5-22)35-28(36-26-12-6-23(7-13-26)33-20-2-17-30)37-27-14-8-24(9-15-27)34-21-3-18-31/h4-15H,1-3,16-21H2. The van der Waals surface area contributed by atoms with Crippen LogP contribution in [0.2, 0.25) is 0 Å². The van der Waals surface area contributed by atoms with Crippen molar-refractivity contribution in [1.82, 2.24) is 0 Å². The highest BCUT2D eigenvalue weighted by molar-refractivity contribution is 6.39. The Morgan fingerprint density at radius 2 is 0.649 bits per heavy atom. The molecule has 198 valence electrons. The molecule has 0 amide bonds. The second kappa shape index (κ2) is 17.0. The Morgan fingerprint density at radius 3 is 0.892 bits per heavy atom. The minimum atomic E-state index is -1.06. The lowest BCUT2D eigenvalue weighted by molar-refractivity contribution is 0.301. The molecular weight excluding hydrogens is 537 g/mol. The molecule has 0 atom stereocenters. The second-order valence-corrected chi connectivity index (χ2v) is 8.86. The minimum absolute atomic E-state index is 0.551. The van der Waals surface area contributed by atoms with Crippen LogP contribution in [0.1, 0.15) is 19.3 Å². The van der Waals surface area contributed by atoms with E-state index in [0.29, 0.717) is 54.7 Å². The van der Waals surface area contributed by atoms with Crippen LogP contribution in [-0.2, 0) is 0 Å². The lowest BCUT2D eigenvalue weighted by atomic mass is 10.2. The summed E-state index contributed by atoms with van der Waals surface area (Å²) in [6.07, 6.45) is 2.32. The second-order valence-electron chi connectivity index (χ2n) is 7.73. The summed E-state index contributed by atoms with van der Waals surface area (Å²) in [5.41, 5.74) is 0. The number of alkyl halides is 3. The smallest absolute Gasteiger partial charge is 0.494 e. The predicted octanol–water partition coefficient (Wildman–Crippen LogP) is 7.23. The highest BCUT2D eigenvalue weighted by atomic mass is 35.5. The molecule has 0 aliphatic rings. The van der Waals surface area contributed by atoms with Crippen LogP contribution in [0.4, 0.5) is 0 Å². The van der Waals surface area contributed by atoms with Gasteiger partial charge in [-0.1, -0.05) is 0 Å². The van der Waals surface area contributed by atoms with Gasteiger partial charge in [0.2, 0.25) is 0 Å². The molecule has 3 aromatic carbocycles. The molecule has 0 heterocycles. The molecule has 3 rings (SSSR count). The van der Waals surface area contributed by atoms with Crippen molar-refractivity contribution in [2.75, 3.05) is 37.5 Å². The van der Waals surface area contributed by atoms with Crippen molar-refractivity contribution in [3.8, 4) is 34.5 Å². The van der Waals surface area contributed by atoms with Gasteiger partial charge in [0, 0.05) is 17.6 Å². The topological polar surface area (TPSA) is 55.4 Å². The zero-order chi connectivity index (χ0) is 26.1. The van der Waals surface area contributed by atoms with E-state index in [9.17, 15) is 0 Å². The summed E-state index contributed by atoms with van der Waals surface area (Å²) in [6, 6.07) is 21.7. The number of ether oxygens (including phenoxy) is 3. The Kier molecular flexibility index (Phi) is 13.3. The lowest BCUT2D eigenvalue weighted by Gasteiger charge is -2.17. The molecule has 0 aliphatic carbocycles. The van der Waals surface area contributed by atoms with Gasteiger partial charge < -0.3 is 28.2 Å². The van der Waals surface area contributed by atoms with Crippen molar-refractivity contribution >= 4 is 42.1 Å². The van der Waals surface area contributed by atoms with E-state index >= 15 is 0 Å². The zero-order valence-electron chi connectivity index (χ0n) is 20.5. The van der Waals surface area contributed by atoms with E-state index in [1.165, 1.54) is 0 Å². The Hall–Kier alpha value is -2.61. The van der Waals surface area contributed by atoms with Crippen molar-refractivity contribution in [2.24, 2.45) is 0 Å². The normalized spacial score (nSPS) is 10.5. The van der Waals surface area contributed by atoms with E-state index in [1.807, 2.05) is 36.4 Å². The SMILES string of the molecule is ClCCCOc1ccc(OB(Oc2ccc(OCCCCl)cc2)Oc2ccc(OCCCCl)cc2)cc1. The molecule has 0 spiro atoms. The first kappa shape index (κ1) is 29.0. The Balaban J connectivity index is 1.66. The van der Waals surface area contributed by atoms with Crippen LogP contribution in [0.5, 0.6) is 34.5 Å². The van der Waals surface area contributed by atoms with Gasteiger partial charge in [-0.05, 0) is 92.1 Å². The molecule has 0 fully saturated rings. The first-order valence-electron chi connectivity index (χ1n) is 12.1. The summed E-state index contributed by atoms with van der Waals surface area (Å²) in [5.74, 6) is 5.50. The van der Waals surface area contributed by atoms with Gasteiger partial charge >= 0.3 is 7.32 Å². The van der Waals surface area contributed by atoms with Gasteiger partial charge in [0.1, 0.15) is 34.5 Å². The first-order valence-corrected chi connectivity index (χ1v) is 13.7. The predicted molar refractivity (Wildman–Crippen MR) is 149 cm³/mol. The summed E-state index contributed by atoms with van der Waals surface area (Å²) in [5, 5.41) is 0. The van der Waals surface area contributed by atoms with Crippen molar-refractivity contribution in [2.45, 2.75) is 19.3 Å². The van der Waals surface area contributed by atoms with E-state index in [-0.39, 0.29) is 0 Å². The van der Waals surface area contributed by atoms with Crippen LogP contribution in [0.25, 0.3) is 0 Å². The third kappa shape index (κ3) is 11.1. The van der Waals surface area contributed by atoms with Gasteiger partial charge in [-0.15, -0.1) is 34.8 Å². The number of rotatable bonds is 18. The van der Waals surface area contributed by atoms with E-state index in [1.54, 1.807) is 36.4 Å². The Morgan fingerprint density at radius 1 is 0.405 bits per heavy atom. The third-order valence-corrected chi connectivity index (χ3v) is 5.61. The van der Waals surface area contributed by atoms with Crippen molar-refractivity contribution in [3.05, 3.63) is 72.8 Å². The van der Waals surface area contributed by atoms with E-state index < -0.39 is 7.32 Å². The van der Waals surface area contributed by atoms with Crippen LogP contribution in [0.3, 0.4) is 0 Å². The number of hydrogen-bond acceptors (Lipinski definition) is 6. The van der Waals surface area contributed by atoms with Crippen LogP contribution in [0.15, 0.2) is 72.8 Å². The highest BCUT2D eigenvalue weighted by Crippen LogP contribution is 2.24. The number of halogens is 3. The molecule has 0 saturated heterocycles. The highest BCUT2D eigenvalue weighted by Gasteiger charge is 2.30. The fourth-order valence-electron chi connectivity index (χ4n) is 2.98. The summed E-state index contributed by atoms with van der Waals surface area (Å²) < 4.78 is 35.0. The van der Waals surface area contributed by atoms with Crippen LogP contribution in [-0.4, -0.2) is 44.8 Å². The Labute approximate surface area is 233 Å². The van der Waals surface area contributed by atoms with Crippen LogP contribution < -0.4 is 28.2 Å². The fraction of sp³-hybridized carbons (Fsp3) is 0.333. The summed E-state index contributed by atoms with van der Waals surface area (Å²) >= 11 is 17.1. The summed E-state index contributed by atoms with van der Waals surface area (Å²) in [7, 11) is -1.06. The Bertz CT molecular complexity index is 874. The fourth-order valence-corrected chi connectivity index (χ4v) is 3.31. The molecule has 3 aromatic rings. The molecule has 0 saturated carbocycles.